The van der Waals surface area contributed by atoms with E-state index in [0.29, 0.717) is 12.4 Å². The van der Waals surface area contributed by atoms with Crippen LogP contribution >= 0.6 is 11.3 Å². The Morgan fingerprint density at radius 3 is 2.88 bits per heavy atom. The molecule has 17 heavy (non-hydrogen) atoms. The molecule has 0 radical (unpaired) electrons. The van der Waals surface area contributed by atoms with Crippen molar-refractivity contribution in [3.05, 3.63) is 52.0 Å². The van der Waals surface area contributed by atoms with Crippen LogP contribution in [0.15, 0.2) is 35.7 Å². The molecule has 2 nitrogen and oxygen atoms in total. The average molecular weight is 247 g/mol. The minimum absolute atomic E-state index is 0.0376. The molecule has 86 valence electrons. The minimum Gasteiger partial charge on any atom is -0.493 e. The summed E-state index contributed by atoms with van der Waals surface area (Å²) in [7, 11) is 0. The Hall–Kier alpha value is -1.86. The van der Waals surface area contributed by atoms with Gasteiger partial charge in [-0.25, -0.2) is 4.39 Å². The largest absolute Gasteiger partial charge is 0.493 e. The number of benzene rings is 1. The van der Waals surface area contributed by atoms with E-state index in [4.69, 9.17) is 10.00 Å². The molecule has 0 fully saturated rings. The second-order valence-electron chi connectivity index (χ2n) is 3.43. The highest BCUT2D eigenvalue weighted by atomic mass is 32.1. The van der Waals surface area contributed by atoms with E-state index in [2.05, 4.69) is 0 Å². The van der Waals surface area contributed by atoms with Crippen molar-refractivity contribution in [2.45, 2.75) is 6.42 Å². The number of thiophene rings is 1. The fourth-order valence-electron chi connectivity index (χ4n) is 1.40. The van der Waals surface area contributed by atoms with Crippen LogP contribution in [0.1, 0.15) is 10.4 Å². The lowest BCUT2D eigenvalue weighted by Gasteiger charge is -2.05. The third-order valence-corrected chi connectivity index (χ3v) is 3.19. The van der Waals surface area contributed by atoms with Crippen LogP contribution < -0.4 is 4.74 Å². The Kier molecular flexibility index (Phi) is 3.73. The van der Waals surface area contributed by atoms with Gasteiger partial charge >= 0.3 is 0 Å². The normalized spacial score (nSPS) is 9.88. The standard InChI is InChI=1S/C13H10FNOS/c14-13-8-11(4-3-10(13)9-15)16-6-5-12-2-1-7-17-12/h1-4,7-8H,5-6H2. The lowest BCUT2D eigenvalue weighted by Crippen LogP contribution is -2.00. The highest BCUT2D eigenvalue weighted by molar-refractivity contribution is 7.09. The molecule has 1 heterocycles. The number of ether oxygens (including phenoxy) is 1. The predicted molar refractivity (Wildman–Crippen MR) is 64.6 cm³/mol. The monoisotopic (exact) mass is 247 g/mol. The summed E-state index contributed by atoms with van der Waals surface area (Å²) in [6.07, 6.45) is 0.805. The smallest absolute Gasteiger partial charge is 0.144 e. The summed E-state index contributed by atoms with van der Waals surface area (Å²) in [5, 5.41) is 10.6. The van der Waals surface area contributed by atoms with E-state index < -0.39 is 5.82 Å². The van der Waals surface area contributed by atoms with Gasteiger partial charge in [-0.15, -0.1) is 11.3 Å². The molecule has 0 aliphatic heterocycles. The highest BCUT2D eigenvalue weighted by Crippen LogP contribution is 2.17. The van der Waals surface area contributed by atoms with Crippen molar-refractivity contribution in [2.24, 2.45) is 0 Å². The number of nitriles is 1. The molecule has 0 N–H and O–H groups in total. The van der Waals surface area contributed by atoms with Crippen molar-refractivity contribution >= 4 is 11.3 Å². The highest BCUT2D eigenvalue weighted by Gasteiger charge is 2.03. The SMILES string of the molecule is N#Cc1ccc(OCCc2cccs2)cc1F. The first-order chi connectivity index (χ1) is 8.29. The van der Waals surface area contributed by atoms with Gasteiger partial charge in [0.1, 0.15) is 17.6 Å². The van der Waals surface area contributed by atoms with Crippen LogP contribution in [0.4, 0.5) is 4.39 Å². The quantitative estimate of drug-likeness (QED) is 0.829. The van der Waals surface area contributed by atoms with Crippen LogP contribution in [0, 0.1) is 17.1 Å². The van der Waals surface area contributed by atoms with Crippen molar-refractivity contribution < 1.29 is 9.13 Å². The number of rotatable bonds is 4. The van der Waals surface area contributed by atoms with Gasteiger partial charge in [0.25, 0.3) is 0 Å². The molecule has 1 aromatic carbocycles. The van der Waals surface area contributed by atoms with Crippen molar-refractivity contribution in [3.8, 4) is 11.8 Å². The molecule has 0 atom stereocenters. The predicted octanol–water partition coefficient (Wildman–Crippen LogP) is 3.38. The fourth-order valence-corrected chi connectivity index (χ4v) is 2.09. The van der Waals surface area contributed by atoms with Gasteiger partial charge in [-0.3, -0.25) is 0 Å². The van der Waals surface area contributed by atoms with E-state index in [1.807, 2.05) is 17.5 Å². The van der Waals surface area contributed by atoms with Crippen LogP contribution in [-0.2, 0) is 6.42 Å². The first kappa shape index (κ1) is 11.6. The van der Waals surface area contributed by atoms with Gasteiger partial charge in [0, 0.05) is 17.4 Å². The van der Waals surface area contributed by atoms with Gasteiger partial charge in [0.2, 0.25) is 0 Å². The first-order valence-corrected chi connectivity index (χ1v) is 6.02. The summed E-state index contributed by atoms with van der Waals surface area (Å²) in [4.78, 5) is 1.24. The molecule has 0 bridgehead atoms. The maximum absolute atomic E-state index is 13.3. The summed E-state index contributed by atoms with van der Waals surface area (Å²) in [6, 6.07) is 10.1. The van der Waals surface area contributed by atoms with Crippen molar-refractivity contribution in [2.75, 3.05) is 6.61 Å². The molecule has 0 spiro atoms. The summed E-state index contributed by atoms with van der Waals surface area (Å²) < 4.78 is 18.7. The van der Waals surface area contributed by atoms with Gasteiger partial charge in [-0.2, -0.15) is 5.26 Å². The number of hydrogen-bond donors (Lipinski definition) is 0. The van der Waals surface area contributed by atoms with E-state index in [9.17, 15) is 4.39 Å². The maximum atomic E-state index is 13.3. The van der Waals surface area contributed by atoms with E-state index in [-0.39, 0.29) is 5.56 Å². The molecule has 0 unspecified atom stereocenters. The van der Waals surface area contributed by atoms with E-state index in [0.717, 1.165) is 6.42 Å². The van der Waals surface area contributed by atoms with Gasteiger partial charge in [-0.1, -0.05) is 6.07 Å². The van der Waals surface area contributed by atoms with Gasteiger partial charge in [-0.05, 0) is 23.6 Å². The van der Waals surface area contributed by atoms with Crippen LogP contribution in [-0.4, -0.2) is 6.61 Å². The van der Waals surface area contributed by atoms with E-state index >= 15 is 0 Å². The molecule has 0 aliphatic carbocycles. The first-order valence-electron chi connectivity index (χ1n) is 5.14. The van der Waals surface area contributed by atoms with E-state index in [1.165, 1.54) is 17.0 Å². The Bertz CT molecular complexity index is 531. The molecule has 0 saturated heterocycles. The summed E-state index contributed by atoms with van der Waals surface area (Å²) in [5.41, 5.74) is 0.0376. The zero-order valence-corrected chi connectivity index (χ0v) is 9.84. The summed E-state index contributed by atoms with van der Waals surface area (Å²) in [6.45, 7) is 0.506. The molecule has 4 heteroatoms. The van der Waals surface area contributed by atoms with Crippen LogP contribution in [0.5, 0.6) is 5.75 Å². The summed E-state index contributed by atoms with van der Waals surface area (Å²) >= 11 is 1.67. The molecular weight excluding hydrogens is 237 g/mol. The Balaban J connectivity index is 1.91. The number of nitrogens with zero attached hydrogens (tertiary/aromatic N) is 1. The third kappa shape index (κ3) is 3.05. The second-order valence-corrected chi connectivity index (χ2v) is 4.46. The van der Waals surface area contributed by atoms with Crippen LogP contribution in [0.2, 0.25) is 0 Å². The minimum atomic E-state index is -0.541. The second kappa shape index (κ2) is 5.46. The maximum Gasteiger partial charge on any atom is 0.144 e. The zero-order chi connectivity index (χ0) is 12.1. The molecule has 0 aliphatic rings. The molecule has 2 rings (SSSR count). The lowest BCUT2D eigenvalue weighted by atomic mass is 10.2. The lowest BCUT2D eigenvalue weighted by molar-refractivity contribution is 0.321. The van der Waals surface area contributed by atoms with Crippen LogP contribution in [0.25, 0.3) is 0 Å². The molecule has 2 aromatic rings. The summed E-state index contributed by atoms with van der Waals surface area (Å²) in [5.74, 6) is -0.0841. The van der Waals surface area contributed by atoms with Gasteiger partial charge < -0.3 is 4.74 Å². The third-order valence-electron chi connectivity index (χ3n) is 2.26. The molecule has 0 saturated carbocycles. The number of halogens is 1. The Morgan fingerprint density at radius 2 is 2.24 bits per heavy atom. The fraction of sp³-hybridized carbons (Fsp3) is 0.154. The number of hydrogen-bond acceptors (Lipinski definition) is 3. The average Bonchev–Trinajstić information content (AvgIpc) is 2.82. The van der Waals surface area contributed by atoms with Crippen molar-refractivity contribution in [1.82, 2.24) is 0 Å². The zero-order valence-electron chi connectivity index (χ0n) is 9.02. The van der Waals surface area contributed by atoms with E-state index in [1.54, 1.807) is 23.5 Å². The van der Waals surface area contributed by atoms with Gasteiger partial charge in [0.05, 0.1) is 12.2 Å². The molecule has 1 aromatic heterocycles. The van der Waals surface area contributed by atoms with Crippen molar-refractivity contribution in [1.29, 1.82) is 5.26 Å². The Morgan fingerprint density at radius 1 is 1.35 bits per heavy atom. The topological polar surface area (TPSA) is 33.0 Å². The van der Waals surface area contributed by atoms with Gasteiger partial charge in [0.15, 0.2) is 0 Å². The van der Waals surface area contributed by atoms with Crippen LogP contribution in [0.3, 0.4) is 0 Å². The molecule has 0 amide bonds. The van der Waals surface area contributed by atoms with Crippen molar-refractivity contribution in [3.63, 3.8) is 0 Å². The Labute approximate surface area is 103 Å². The molecular formula is C13H10FNOS.